The molecule has 0 aliphatic rings. The Bertz CT molecular complexity index is 570. The summed E-state index contributed by atoms with van der Waals surface area (Å²) in [5.74, 6) is -0.00724. The number of amides is 1. The maximum absolute atomic E-state index is 12.1. The third kappa shape index (κ3) is 2.01. The fourth-order valence-corrected chi connectivity index (χ4v) is 2.00. The van der Waals surface area contributed by atoms with Gasteiger partial charge in [0.25, 0.3) is 5.91 Å². The summed E-state index contributed by atoms with van der Waals surface area (Å²) in [7, 11) is 3.50. The van der Waals surface area contributed by atoms with Gasteiger partial charge in [0.05, 0.1) is 22.6 Å². The lowest BCUT2D eigenvalue weighted by atomic mass is 10.2. The van der Waals surface area contributed by atoms with E-state index >= 15 is 0 Å². The third-order valence-corrected chi connectivity index (χ3v) is 2.91. The highest BCUT2D eigenvalue weighted by atomic mass is 16.2. The molecular formula is C14H17N3O. The summed E-state index contributed by atoms with van der Waals surface area (Å²) in [6, 6.07) is 9.83. The Kier molecular flexibility index (Phi) is 3.19. The molecule has 2 aromatic rings. The standard InChI is InChI=1S/C14H17N3O/c1-10-13(14(18)16(3)4)11(2)17(15-10)12-8-6-5-7-9-12/h5-9H,1-4H3. The normalized spacial score (nSPS) is 10.4. The van der Waals surface area contributed by atoms with Crippen LogP contribution in [0, 0.1) is 13.8 Å². The number of carbonyl (C=O) groups excluding carboxylic acids is 1. The van der Waals surface area contributed by atoms with Crippen LogP contribution < -0.4 is 0 Å². The average molecular weight is 243 g/mol. The Morgan fingerprint density at radius 3 is 2.33 bits per heavy atom. The van der Waals surface area contributed by atoms with Crippen LogP contribution in [0.1, 0.15) is 21.7 Å². The topological polar surface area (TPSA) is 38.1 Å². The predicted molar refractivity (Wildman–Crippen MR) is 71.1 cm³/mol. The van der Waals surface area contributed by atoms with Crippen LogP contribution in [0.3, 0.4) is 0 Å². The maximum Gasteiger partial charge on any atom is 0.257 e. The monoisotopic (exact) mass is 243 g/mol. The largest absolute Gasteiger partial charge is 0.345 e. The van der Waals surface area contributed by atoms with Crippen LogP contribution in [0.2, 0.25) is 0 Å². The van der Waals surface area contributed by atoms with Gasteiger partial charge in [0.15, 0.2) is 0 Å². The van der Waals surface area contributed by atoms with E-state index in [0.29, 0.717) is 5.56 Å². The van der Waals surface area contributed by atoms with E-state index in [0.717, 1.165) is 17.1 Å². The molecule has 1 amide bonds. The van der Waals surface area contributed by atoms with Crippen molar-refractivity contribution in [1.82, 2.24) is 14.7 Å². The summed E-state index contributed by atoms with van der Waals surface area (Å²) in [5, 5.41) is 4.45. The second-order valence-electron chi connectivity index (χ2n) is 4.49. The molecule has 0 bridgehead atoms. The number of carbonyl (C=O) groups is 1. The molecule has 1 aromatic carbocycles. The van der Waals surface area contributed by atoms with Crippen molar-refractivity contribution in [3.05, 3.63) is 47.3 Å². The lowest BCUT2D eigenvalue weighted by Crippen LogP contribution is -2.23. The fourth-order valence-electron chi connectivity index (χ4n) is 2.00. The first kappa shape index (κ1) is 12.4. The Morgan fingerprint density at radius 2 is 1.78 bits per heavy atom. The number of nitrogens with zero attached hydrogens (tertiary/aromatic N) is 3. The Hall–Kier alpha value is -2.10. The van der Waals surface area contributed by atoms with Gasteiger partial charge in [0, 0.05) is 14.1 Å². The third-order valence-electron chi connectivity index (χ3n) is 2.91. The second-order valence-corrected chi connectivity index (χ2v) is 4.49. The highest BCUT2D eigenvalue weighted by molar-refractivity contribution is 5.96. The van der Waals surface area contributed by atoms with E-state index in [9.17, 15) is 4.79 Å². The van der Waals surface area contributed by atoms with Crippen molar-refractivity contribution >= 4 is 5.91 Å². The molecule has 4 heteroatoms. The second kappa shape index (κ2) is 4.64. The Labute approximate surface area is 107 Å². The van der Waals surface area contributed by atoms with Crippen molar-refractivity contribution < 1.29 is 4.79 Å². The van der Waals surface area contributed by atoms with Crippen LogP contribution in [-0.4, -0.2) is 34.7 Å². The van der Waals surface area contributed by atoms with Crippen LogP contribution in [0.5, 0.6) is 0 Å². The minimum atomic E-state index is -0.00724. The molecule has 0 aliphatic carbocycles. The van der Waals surface area contributed by atoms with Crippen molar-refractivity contribution in [2.24, 2.45) is 0 Å². The van der Waals surface area contributed by atoms with Gasteiger partial charge >= 0.3 is 0 Å². The lowest BCUT2D eigenvalue weighted by Gasteiger charge is -2.10. The van der Waals surface area contributed by atoms with Gasteiger partial charge in [0.2, 0.25) is 0 Å². The van der Waals surface area contributed by atoms with E-state index < -0.39 is 0 Å². The van der Waals surface area contributed by atoms with Gasteiger partial charge < -0.3 is 4.90 Å². The summed E-state index contributed by atoms with van der Waals surface area (Å²) in [6.45, 7) is 3.78. The SMILES string of the molecule is Cc1nn(-c2ccccc2)c(C)c1C(=O)N(C)C. The fraction of sp³-hybridized carbons (Fsp3) is 0.286. The van der Waals surface area contributed by atoms with Crippen LogP contribution in [-0.2, 0) is 0 Å². The van der Waals surface area contributed by atoms with Crippen LogP contribution >= 0.6 is 0 Å². The summed E-state index contributed by atoms with van der Waals surface area (Å²) in [5.41, 5.74) is 3.28. The molecule has 0 unspecified atom stereocenters. The molecule has 4 nitrogen and oxygen atoms in total. The minimum absolute atomic E-state index is 0.00724. The van der Waals surface area contributed by atoms with Crippen molar-refractivity contribution in [2.75, 3.05) is 14.1 Å². The highest BCUT2D eigenvalue weighted by Gasteiger charge is 2.20. The van der Waals surface area contributed by atoms with Crippen molar-refractivity contribution in [2.45, 2.75) is 13.8 Å². The number of para-hydroxylation sites is 1. The lowest BCUT2D eigenvalue weighted by molar-refractivity contribution is 0.0826. The molecule has 0 atom stereocenters. The molecule has 0 aliphatic heterocycles. The molecule has 2 rings (SSSR count). The molecule has 0 fully saturated rings. The van der Waals surface area contributed by atoms with E-state index in [-0.39, 0.29) is 5.91 Å². The van der Waals surface area contributed by atoms with Gasteiger partial charge in [-0.25, -0.2) is 4.68 Å². The number of hydrogen-bond donors (Lipinski definition) is 0. The molecule has 0 saturated carbocycles. The van der Waals surface area contributed by atoms with E-state index in [1.165, 1.54) is 0 Å². The number of hydrogen-bond acceptors (Lipinski definition) is 2. The smallest absolute Gasteiger partial charge is 0.257 e. The van der Waals surface area contributed by atoms with Gasteiger partial charge in [0.1, 0.15) is 0 Å². The van der Waals surface area contributed by atoms with Crippen molar-refractivity contribution in [1.29, 1.82) is 0 Å². The van der Waals surface area contributed by atoms with E-state index in [2.05, 4.69) is 5.10 Å². The molecule has 0 radical (unpaired) electrons. The first-order chi connectivity index (χ1) is 8.52. The van der Waals surface area contributed by atoms with Gasteiger partial charge in [-0.3, -0.25) is 4.79 Å². The summed E-state index contributed by atoms with van der Waals surface area (Å²) in [4.78, 5) is 13.7. The first-order valence-corrected chi connectivity index (χ1v) is 5.85. The minimum Gasteiger partial charge on any atom is -0.345 e. The number of aryl methyl sites for hydroxylation is 1. The van der Waals surface area contributed by atoms with Crippen LogP contribution in [0.25, 0.3) is 5.69 Å². The molecule has 0 N–H and O–H groups in total. The van der Waals surface area contributed by atoms with Gasteiger partial charge in [-0.05, 0) is 26.0 Å². The van der Waals surface area contributed by atoms with E-state index in [1.807, 2.05) is 48.9 Å². The summed E-state index contributed by atoms with van der Waals surface area (Å²) in [6.07, 6.45) is 0. The summed E-state index contributed by atoms with van der Waals surface area (Å²) >= 11 is 0. The van der Waals surface area contributed by atoms with Crippen LogP contribution in [0.4, 0.5) is 0 Å². The Balaban J connectivity index is 2.54. The average Bonchev–Trinajstić information content (AvgIpc) is 2.65. The number of rotatable bonds is 2. The first-order valence-electron chi connectivity index (χ1n) is 5.85. The summed E-state index contributed by atoms with van der Waals surface area (Å²) < 4.78 is 1.81. The number of aromatic nitrogens is 2. The quantitative estimate of drug-likeness (QED) is 0.811. The maximum atomic E-state index is 12.1. The highest BCUT2D eigenvalue weighted by Crippen LogP contribution is 2.18. The molecule has 18 heavy (non-hydrogen) atoms. The molecule has 0 saturated heterocycles. The van der Waals surface area contributed by atoms with E-state index in [1.54, 1.807) is 19.0 Å². The van der Waals surface area contributed by atoms with Crippen molar-refractivity contribution in [3.63, 3.8) is 0 Å². The van der Waals surface area contributed by atoms with Gasteiger partial charge in [-0.1, -0.05) is 18.2 Å². The molecule has 1 aromatic heterocycles. The van der Waals surface area contributed by atoms with Crippen molar-refractivity contribution in [3.8, 4) is 5.69 Å². The molecular weight excluding hydrogens is 226 g/mol. The zero-order valence-electron chi connectivity index (χ0n) is 11.1. The van der Waals surface area contributed by atoms with E-state index in [4.69, 9.17) is 0 Å². The molecule has 0 spiro atoms. The predicted octanol–water partition coefficient (Wildman–Crippen LogP) is 2.19. The van der Waals surface area contributed by atoms with Crippen LogP contribution in [0.15, 0.2) is 30.3 Å². The molecule has 1 heterocycles. The number of benzene rings is 1. The molecule has 94 valence electrons. The zero-order valence-corrected chi connectivity index (χ0v) is 11.1. The van der Waals surface area contributed by atoms with Gasteiger partial charge in [-0.15, -0.1) is 0 Å². The van der Waals surface area contributed by atoms with Gasteiger partial charge in [-0.2, -0.15) is 5.10 Å². The zero-order chi connectivity index (χ0) is 13.3. The Morgan fingerprint density at radius 1 is 1.17 bits per heavy atom.